The van der Waals surface area contributed by atoms with Crippen molar-refractivity contribution in [1.82, 2.24) is 9.97 Å². The average molecular weight is 286 g/mol. The molecule has 0 aliphatic rings. The molecule has 9 nitrogen and oxygen atoms in total. The first-order chi connectivity index (χ1) is 9.63. The number of methoxy groups -OCH3 is 2. The van der Waals surface area contributed by atoms with Gasteiger partial charge in [0.1, 0.15) is 6.61 Å². The minimum absolute atomic E-state index is 0.0699. The van der Waals surface area contributed by atoms with Crippen molar-refractivity contribution in [3.63, 3.8) is 0 Å². The molecule has 0 atom stereocenters. The standard InChI is InChI=1S/C11H18N4O5/c1-4-20-11-9(15(16)17)10(12-5-6-18-2)13-8(14-11)7-19-3/h4-7H2,1-3H3,(H,12,13,14). The zero-order valence-corrected chi connectivity index (χ0v) is 11.7. The Labute approximate surface area is 116 Å². The molecule has 20 heavy (non-hydrogen) atoms. The normalized spacial score (nSPS) is 10.3. The Kier molecular flexibility index (Phi) is 6.60. The Morgan fingerprint density at radius 2 is 2.05 bits per heavy atom. The molecule has 0 aromatic carbocycles. The van der Waals surface area contributed by atoms with E-state index in [-0.39, 0.29) is 30.6 Å². The van der Waals surface area contributed by atoms with Crippen molar-refractivity contribution >= 4 is 11.5 Å². The molecule has 0 saturated heterocycles. The van der Waals surface area contributed by atoms with E-state index in [4.69, 9.17) is 14.2 Å². The number of nitrogens with zero attached hydrogens (tertiary/aromatic N) is 3. The number of aromatic nitrogens is 2. The number of ether oxygens (including phenoxy) is 3. The van der Waals surface area contributed by atoms with E-state index in [2.05, 4.69) is 15.3 Å². The number of nitro groups is 1. The molecule has 0 saturated carbocycles. The minimum atomic E-state index is -0.573. The van der Waals surface area contributed by atoms with Crippen LogP contribution in [0.1, 0.15) is 12.7 Å². The van der Waals surface area contributed by atoms with Crippen LogP contribution in [0.5, 0.6) is 5.88 Å². The highest BCUT2D eigenvalue weighted by Gasteiger charge is 2.26. The number of rotatable bonds is 9. The van der Waals surface area contributed by atoms with Gasteiger partial charge in [0.05, 0.1) is 18.1 Å². The molecule has 0 amide bonds. The van der Waals surface area contributed by atoms with Gasteiger partial charge < -0.3 is 19.5 Å². The Bertz CT molecular complexity index is 455. The van der Waals surface area contributed by atoms with Crippen molar-refractivity contribution in [2.45, 2.75) is 13.5 Å². The van der Waals surface area contributed by atoms with E-state index in [1.807, 2.05) is 0 Å². The van der Waals surface area contributed by atoms with Crippen LogP contribution in [-0.2, 0) is 16.1 Å². The largest absolute Gasteiger partial charge is 0.473 e. The maximum atomic E-state index is 11.2. The summed E-state index contributed by atoms with van der Waals surface area (Å²) in [6, 6.07) is 0. The molecule has 0 fully saturated rings. The van der Waals surface area contributed by atoms with Gasteiger partial charge in [0.2, 0.25) is 5.82 Å². The van der Waals surface area contributed by atoms with Gasteiger partial charge in [0.25, 0.3) is 5.88 Å². The predicted molar refractivity (Wildman–Crippen MR) is 70.9 cm³/mol. The third kappa shape index (κ3) is 4.28. The van der Waals surface area contributed by atoms with E-state index in [0.29, 0.717) is 19.0 Å². The molecule has 0 unspecified atom stereocenters. The highest BCUT2D eigenvalue weighted by atomic mass is 16.6. The number of hydrogen-bond donors (Lipinski definition) is 1. The van der Waals surface area contributed by atoms with Gasteiger partial charge in [0, 0.05) is 20.8 Å². The fourth-order valence-electron chi connectivity index (χ4n) is 1.47. The van der Waals surface area contributed by atoms with E-state index in [9.17, 15) is 10.1 Å². The Balaban J connectivity index is 3.15. The van der Waals surface area contributed by atoms with Crippen molar-refractivity contribution < 1.29 is 19.1 Å². The van der Waals surface area contributed by atoms with Gasteiger partial charge in [-0.2, -0.15) is 4.98 Å². The fraction of sp³-hybridized carbons (Fsp3) is 0.636. The molecule has 1 aromatic rings. The Morgan fingerprint density at radius 3 is 2.60 bits per heavy atom. The zero-order chi connectivity index (χ0) is 15.0. The molecule has 1 heterocycles. The first-order valence-electron chi connectivity index (χ1n) is 6.03. The molecule has 112 valence electrons. The van der Waals surface area contributed by atoms with Crippen LogP contribution >= 0.6 is 0 Å². The summed E-state index contributed by atoms with van der Waals surface area (Å²) in [5.41, 5.74) is -0.289. The molecule has 1 N–H and O–H groups in total. The Morgan fingerprint density at radius 1 is 1.30 bits per heavy atom. The summed E-state index contributed by atoms with van der Waals surface area (Å²) in [5, 5.41) is 14.0. The molecular weight excluding hydrogens is 268 g/mol. The number of hydrogen-bond acceptors (Lipinski definition) is 8. The van der Waals surface area contributed by atoms with Crippen molar-refractivity contribution in [3.8, 4) is 5.88 Å². The second-order valence-corrected chi connectivity index (χ2v) is 3.68. The first kappa shape index (κ1) is 16.1. The van der Waals surface area contributed by atoms with Crippen molar-refractivity contribution in [2.75, 3.05) is 39.3 Å². The van der Waals surface area contributed by atoms with Crippen LogP contribution in [0.15, 0.2) is 0 Å². The smallest absolute Gasteiger partial charge is 0.372 e. The third-order valence-electron chi connectivity index (χ3n) is 2.23. The summed E-state index contributed by atoms with van der Waals surface area (Å²) in [6.07, 6.45) is 0. The van der Waals surface area contributed by atoms with Crippen molar-refractivity contribution in [2.24, 2.45) is 0 Å². The Hall–Kier alpha value is -2.00. The zero-order valence-electron chi connectivity index (χ0n) is 11.7. The van der Waals surface area contributed by atoms with Gasteiger partial charge in [-0.25, -0.2) is 4.98 Å². The summed E-state index contributed by atoms with van der Waals surface area (Å²) in [5.74, 6) is 0.332. The number of anilines is 1. The van der Waals surface area contributed by atoms with Gasteiger partial charge in [-0.3, -0.25) is 10.1 Å². The highest BCUT2D eigenvalue weighted by Crippen LogP contribution is 2.31. The van der Waals surface area contributed by atoms with Gasteiger partial charge in [-0.05, 0) is 6.92 Å². The van der Waals surface area contributed by atoms with Gasteiger partial charge >= 0.3 is 5.69 Å². The van der Waals surface area contributed by atoms with Crippen LogP contribution in [0.4, 0.5) is 11.5 Å². The molecule has 0 radical (unpaired) electrons. The maximum absolute atomic E-state index is 11.2. The lowest BCUT2D eigenvalue weighted by molar-refractivity contribution is -0.385. The first-order valence-corrected chi connectivity index (χ1v) is 6.03. The maximum Gasteiger partial charge on any atom is 0.372 e. The van der Waals surface area contributed by atoms with Crippen LogP contribution in [0.3, 0.4) is 0 Å². The van der Waals surface area contributed by atoms with E-state index in [1.165, 1.54) is 14.2 Å². The average Bonchev–Trinajstić information content (AvgIpc) is 2.39. The molecular formula is C11H18N4O5. The second-order valence-electron chi connectivity index (χ2n) is 3.68. The van der Waals surface area contributed by atoms with E-state index in [1.54, 1.807) is 6.92 Å². The molecule has 1 rings (SSSR count). The summed E-state index contributed by atoms with van der Waals surface area (Å²) >= 11 is 0. The lowest BCUT2D eigenvalue weighted by atomic mass is 10.4. The van der Waals surface area contributed by atoms with Crippen LogP contribution < -0.4 is 10.1 Å². The monoisotopic (exact) mass is 286 g/mol. The third-order valence-corrected chi connectivity index (χ3v) is 2.23. The second kappa shape index (κ2) is 8.23. The lowest BCUT2D eigenvalue weighted by Gasteiger charge is -2.10. The molecule has 9 heteroatoms. The highest BCUT2D eigenvalue weighted by molar-refractivity contribution is 5.61. The van der Waals surface area contributed by atoms with Crippen LogP contribution in [0, 0.1) is 10.1 Å². The molecule has 0 spiro atoms. The summed E-state index contributed by atoms with van der Waals surface area (Å²) in [6.45, 7) is 2.90. The molecule has 1 aromatic heterocycles. The van der Waals surface area contributed by atoms with Crippen LogP contribution in [0.25, 0.3) is 0 Å². The predicted octanol–water partition coefficient (Wildman–Crippen LogP) is 0.988. The van der Waals surface area contributed by atoms with Gasteiger partial charge in [0.15, 0.2) is 5.82 Å². The van der Waals surface area contributed by atoms with E-state index in [0.717, 1.165) is 0 Å². The van der Waals surface area contributed by atoms with Gasteiger partial charge in [-0.1, -0.05) is 0 Å². The van der Waals surface area contributed by atoms with Gasteiger partial charge in [-0.15, -0.1) is 0 Å². The fourth-order valence-corrected chi connectivity index (χ4v) is 1.47. The minimum Gasteiger partial charge on any atom is -0.473 e. The molecule has 0 bridgehead atoms. The quantitative estimate of drug-likeness (QED) is 0.406. The molecule has 0 aliphatic heterocycles. The SMILES string of the molecule is CCOc1nc(COC)nc(NCCOC)c1[N+](=O)[O-]. The summed E-state index contributed by atoms with van der Waals surface area (Å²) in [7, 11) is 3.03. The van der Waals surface area contributed by atoms with Crippen molar-refractivity contribution in [3.05, 3.63) is 15.9 Å². The van der Waals surface area contributed by atoms with E-state index >= 15 is 0 Å². The summed E-state index contributed by atoms with van der Waals surface area (Å²) < 4.78 is 15.0. The van der Waals surface area contributed by atoms with Crippen molar-refractivity contribution in [1.29, 1.82) is 0 Å². The topological polar surface area (TPSA) is 109 Å². The van der Waals surface area contributed by atoms with Crippen LogP contribution in [0.2, 0.25) is 0 Å². The van der Waals surface area contributed by atoms with Crippen LogP contribution in [-0.4, -0.2) is 48.9 Å². The lowest BCUT2D eigenvalue weighted by Crippen LogP contribution is -2.14. The number of nitrogens with one attached hydrogen (secondary N) is 1. The molecule has 0 aliphatic carbocycles. The van der Waals surface area contributed by atoms with E-state index < -0.39 is 4.92 Å². The summed E-state index contributed by atoms with van der Waals surface area (Å²) in [4.78, 5) is 18.7.